The number of aliphatic imine (C=N–C) groups is 1. The molecule has 3 N–H and O–H groups in total. The number of hydrogen-bond acceptors (Lipinski definition) is 4. The predicted molar refractivity (Wildman–Crippen MR) is 62.1 cm³/mol. The lowest BCUT2D eigenvalue weighted by Gasteiger charge is -2.01. The highest BCUT2D eigenvalue weighted by Gasteiger charge is 2.15. The summed E-state index contributed by atoms with van der Waals surface area (Å²) >= 11 is 5.40. The van der Waals surface area contributed by atoms with Crippen LogP contribution in [0.4, 0.5) is 11.4 Å². The highest BCUT2D eigenvalue weighted by Crippen LogP contribution is 2.24. The maximum Gasteiger partial charge on any atom is 0.338 e. The summed E-state index contributed by atoms with van der Waals surface area (Å²) < 4.78 is 0. The van der Waals surface area contributed by atoms with Crippen LogP contribution in [-0.2, 0) is 0 Å². The molecule has 0 radical (unpaired) electrons. The van der Waals surface area contributed by atoms with Gasteiger partial charge in [0, 0.05) is 12.1 Å². The van der Waals surface area contributed by atoms with Crippen LogP contribution in [0.25, 0.3) is 0 Å². The van der Waals surface area contributed by atoms with Crippen molar-refractivity contribution in [2.75, 3.05) is 5.88 Å². The number of nitrogens with zero attached hydrogens (tertiary/aromatic N) is 2. The third-order valence-electron chi connectivity index (χ3n) is 1.82. The van der Waals surface area contributed by atoms with Crippen LogP contribution in [0.5, 0.6) is 0 Å². The Morgan fingerprint density at radius 1 is 1.59 bits per heavy atom. The Morgan fingerprint density at radius 2 is 2.24 bits per heavy atom. The number of carbonyl (C=O) groups is 1. The van der Waals surface area contributed by atoms with Gasteiger partial charge in [0.15, 0.2) is 0 Å². The predicted octanol–water partition coefficient (Wildman–Crippen LogP) is 1.52. The number of carboxylic acids is 1. The minimum absolute atomic E-state index is 0.0289. The summed E-state index contributed by atoms with van der Waals surface area (Å²) in [5, 5.41) is 19.4. The maximum absolute atomic E-state index is 10.9. The van der Waals surface area contributed by atoms with Gasteiger partial charge < -0.3 is 10.8 Å². The van der Waals surface area contributed by atoms with E-state index in [-0.39, 0.29) is 28.7 Å². The van der Waals surface area contributed by atoms with Crippen molar-refractivity contribution in [1.82, 2.24) is 0 Å². The molecule has 0 aliphatic carbocycles. The maximum atomic E-state index is 10.9. The number of amidine groups is 1. The molecule has 1 rings (SSSR count). The molecule has 7 nitrogen and oxygen atoms in total. The zero-order chi connectivity index (χ0) is 13.0. The Balaban J connectivity index is 3.32. The fraction of sp³-hybridized carbons (Fsp3) is 0.111. The Hall–Kier alpha value is -2.15. The van der Waals surface area contributed by atoms with Crippen molar-refractivity contribution in [2.24, 2.45) is 10.7 Å². The molecule has 90 valence electrons. The minimum atomic E-state index is -1.32. The van der Waals surface area contributed by atoms with Crippen LogP contribution in [-0.4, -0.2) is 27.7 Å². The van der Waals surface area contributed by atoms with Gasteiger partial charge in [0.1, 0.15) is 5.84 Å². The summed E-state index contributed by atoms with van der Waals surface area (Å²) in [5.74, 6) is -1.35. The highest BCUT2D eigenvalue weighted by molar-refractivity contribution is 6.28. The van der Waals surface area contributed by atoms with Crippen molar-refractivity contribution >= 4 is 34.8 Å². The van der Waals surface area contributed by atoms with Crippen molar-refractivity contribution in [3.8, 4) is 0 Å². The van der Waals surface area contributed by atoms with E-state index in [1.165, 1.54) is 6.07 Å². The second-order valence-corrected chi connectivity index (χ2v) is 3.27. The molecule has 0 heterocycles. The van der Waals surface area contributed by atoms with Gasteiger partial charge >= 0.3 is 5.97 Å². The first kappa shape index (κ1) is 12.9. The zero-order valence-electron chi connectivity index (χ0n) is 8.46. The normalized spacial score (nSPS) is 11.2. The number of nitro groups is 1. The number of aromatic carboxylic acids is 1. The van der Waals surface area contributed by atoms with E-state index in [9.17, 15) is 14.9 Å². The van der Waals surface area contributed by atoms with Crippen LogP contribution in [0.1, 0.15) is 10.4 Å². The molecular formula is C9H8ClN3O4. The van der Waals surface area contributed by atoms with Gasteiger partial charge in [-0.1, -0.05) is 0 Å². The van der Waals surface area contributed by atoms with E-state index in [4.69, 9.17) is 22.4 Å². The number of carboxylic acid groups (broad SMARTS) is 1. The van der Waals surface area contributed by atoms with E-state index in [2.05, 4.69) is 4.99 Å². The molecule has 0 unspecified atom stereocenters. The molecule has 0 saturated carbocycles. The molecular weight excluding hydrogens is 250 g/mol. The van der Waals surface area contributed by atoms with Gasteiger partial charge in [0.25, 0.3) is 5.69 Å². The third kappa shape index (κ3) is 3.15. The summed E-state index contributed by atoms with van der Waals surface area (Å²) in [6.45, 7) is 0. The molecule has 0 saturated heterocycles. The van der Waals surface area contributed by atoms with Gasteiger partial charge in [-0.15, -0.1) is 11.6 Å². The largest absolute Gasteiger partial charge is 0.478 e. The molecule has 1 aromatic rings. The Labute approximate surface area is 101 Å². The molecule has 0 amide bonds. The van der Waals surface area contributed by atoms with E-state index >= 15 is 0 Å². The molecule has 0 aliphatic rings. The number of halogens is 1. The molecule has 0 aliphatic heterocycles. The quantitative estimate of drug-likeness (QED) is 0.279. The number of alkyl halides is 1. The SMILES string of the molecule is NC(CCl)=Nc1ccc([N+](=O)[O-])cc1C(=O)O. The Morgan fingerprint density at radius 3 is 2.71 bits per heavy atom. The molecule has 0 spiro atoms. The van der Waals surface area contributed by atoms with Crippen LogP contribution in [0.2, 0.25) is 0 Å². The monoisotopic (exact) mass is 257 g/mol. The Bertz CT molecular complexity index is 501. The first-order chi connectivity index (χ1) is 7.95. The van der Waals surface area contributed by atoms with Gasteiger partial charge in [0.2, 0.25) is 0 Å². The third-order valence-corrected chi connectivity index (χ3v) is 2.10. The van der Waals surface area contributed by atoms with E-state index in [0.717, 1.165) is 12.1 Å². The van der Waals surface area contributed by atoms with E-state index in [0.29, 0.717) is 0 Å². The molecule has 1 aromatic carbocycles. The number of benzene rings is 1. The van der Waals surface area contributed by atoms with Crippen molar-refractivity contribution in [3.05, 3.63) is 33.9 Å². The topological polar surface area (TPSA) is 119 Å². The van der Waals surface area contributed by atoms with Crippen molar-refractivity contribution < 1.29 is 14.8 Å². The second-order valence-electron chi connectivity index (χ2n) is 3.00. The summed E-state index contributed by atoms with van der Waals surface area (Å²) in [6, 6.07) is 3.27. The number of rotatable bonds is 4. The Kier molecular flexibility index (Phi) is 4.00. The summed E-state index contributed by atoms with van der Waals surface area (Å²) in [7, 11) is 0. The molecule has 0 aromatic heterocycles. The smallest absolute Gasteiger partial charge is 0.338 e. The summed E-state index contributed by atoms with van der Waals surface area (Å²) in [4.78, 5) is 24.5. The van der Waals surface area contributed by atoms with E-state index in [1.807, 2.05) is 0 Å². The molecule has 0 bridgehead atoms. The van der Waals surface area contributed by atoms with E-state index in [1.54, 1.807) is 0 Å². The molecule has 17 heavy (non-hydrogen) atoms. The van der Waals surface area contributed by atoms with Gasteiger partial charge in [-0.25, -0.2) is 9.79 Å². The van der Waals surface area contributed by atoms with E-state index < -0.39 is 10.9 Å². The van der Waals surface area contributed by atoms with Crippen molar-refractivity contribution in [1.29, 1.82) is 0 Å². The minimum Gasteiger partial charge on any atom is -0.478 e. The van der Waals surface area contributed by atoms with Crippen LogP contribution < -0.4 is 5.73 Å². The lowest BCUT2D eigenvalue weighted by atomic mass is 10.1. The van der Waals surface area contributed by atoms with Crippen molar-refractivity contribution in [2.45, 2.75) is 0 Å². The molecule has 0 fully saturated rings. The lowest BCUT2D eigenvalue weighted by Crippen LogP contribution is -2.12. The zero-order valence-corrected chi connectivity index (χ0v) is 9.22. The number of nitrogens with two attached hydrogens (primary N) is 1. The number of nitro benzene ring substituents is 1. The average molecular weight is 258 g/mol. The summed E-state index contributed by atoms with van der Waals surface area (Å²) in [5.41, 5.74) is 4.77. The van der Waals surface area contributed by atoms with Crippen molar-refractivity contribution in [3.63, 3.8) is 0 Å². The van der Waals surface area contributed by atoms with Gasteiger partial charge in [-0.05, 0) is 6.07 Å². The first-order valence-corrected chi connectivity index (χ1v) is 4.90. The highest BCUT2D eigenvalue weighted by atomic mass is 35.5. The van der Waals surface area contributed by atoms with Crippen LogP contribution in [0.15, 0.2) is 23.2 Å². The standard InChI is InChI=1S/C9H8ClN3O4/c10-4-8(11)12-7-2-1-5(13(16)17)3-6(7)9(14)15/h1-3H,4H2,(H2,11,12)(H,14,15). The van der Waals surface area contributed by atoms with Crippen LogP contribution >= 0.6 is 11.6 Å². The molecule has 8 heteroatoms. The fourth-order valence-electron chi connectivity index (χ4n) is 1.09. The van der Waals surface area contributed by atoms with Gasteiger partial charge in [0.05, 0.1) is 22.1 Å². The van der Waals surface area contributed by atoms with Crippen LogP contribution in [0, 0.1) is 10.1 Å². The van der Waals surface area contributed by atoms with Gasteiger partial charge in [-0.3, -0.25) is 10.1 Å². The first-order valence-electron chi connectivity index (χ1n) is 4.36. The average Bonchev–Trinajstić information content (AvgIpc) is 2.28. The van der Waals surface area contributed by atoms with Crippen LogP contribution in [0.3, 0.4) is 0 Å². The molecule has 0 atom stereocenters. The number of non-ortho nitro benzene ring substituents is 1. The summed E-state index contributed by atoms with van der Waals surface area (Å²) in [6.07, 6.45) is 0. The van der Waals surface area contributed by atoms with Gasteiger partial charge in [-0.2, -0.15) is 0 Å². The number of hydrogen-bond donors (Lipinski definition) is 2. The lowest BCUT2D eigenvalue weighted by molar-refractivity contribution is -0.384. The second kappa shape index (κ2) is 5.26. The fourth-order valence-corrected chi connectivity index (χ4v) is 1.15.